The van der Waals surface area contributed by atoms with Crippen LogP contribution in [0, 0.1) is 5.82 Å². The van der Waals surface area contributed by atoms with E-state index in [4.69, 9.17) is 0 Å². The molecule has 0 unspecified atom stereocenters. The van der Waals surface area contributed by atoms with Gasteiger partial charge in [0.15, 0.2) is 11.6 Å². The van der Waals surface area contributed by atoms with Crippen molar-refractivity contribution in [2.75, 3.05) is 0 Å². The average Bonchev–Trinajstić information content (AvgIpc) is 3.22. The SMILES string of the molecule is O=C(c1ccccc1)[C@@H](Cc1cc(F)cc(C[C@H](C(=O)c2ccccc2)P(c2ccccc2)c2ccccc2)c1)P(c1ccccc1)c1ccccc1. The van der Waals surface area contributed by atoms with Crippen LogP contribution >= 0.6 is 15.8 Å². The smallest absolute Gasteiger partial charge is 0.171 e. The molecule has 260 valence electrons. The molecule has 53 heavy (non-hydrogen) atoms. The Morgan fingerprint density at radius 3 is 0.943 bits per heavy atom. The summed E-state index contributed by atoms with van der Waals surface area (Å²) in [5, 5.41) is 4.35. The molecule has 0 aromatic heterocycles. The van der Waals surface area contributed by atoms with Crippen LogP contribution in [0.4, 0.5) is 4.39 Å². The Bertz CT molecular complexity index is 2000. The van der Waals surface area contributed by atoms with Gasteiger partial charge in [-0.3, -0.25) is 9.59 Å². The zero-order chi connectivity index (χ0) is 36.4. The monoisotopic (exact) mass is 728 g/mol. The molecule has 0 bridgehead atoms. The van der Waals surface area contributed by atoms with E-state index in [0.717, 1.165) is 32.3 Å². The summed E-state index contributed by atoms with van der Waals surface area (Å²) < 4.78 is 15.9. The minimum Gasteiger partial charge on any atom is -0.293 e. The summed E-state index contributed by atoms with van der Waals surface area (Å²) in [6.07, 6.45) is 0.689. The topological polar surface area (TPSA) is 34.1 Å². The van der Waals surface area contributed by atoms with Crippen molar-refractivity contribution >= 4 is 48.6 Å². The summed E-state index contributed by atoms with van der Waals surface area (Å²) >= 11 is 0. The van der Waals surface area contributed by atoms with Crippen molar-refractivity contribution in [3.63, 3.8) is 0 Å². The highest BCUT2D eigenvalue weighted by Gasteiger charge is 2.34. The van der Waals surface area contributed by atoms with E-state index >= 15 is 4.39 Å². The Hall–Kier alpha value is -5.33. The molecule has 7 rings (SSSR count). The van der Waals surface area contributed by atoms with E-state index in [0.29, 0.717) is 24.0 Å². The van der Waals surface area contributed by atoms with Gasteiger partial charge in [0.25, 0.3) is 0 Å². The molecule has 5 heteroatoms. The molecule has 0 saturated carbocycles. The Labute approximate surface area is 313 Å². The first kappa shape index (κ1) is 36.0. The van der Waals surface area contributed by atoms with Gasteiger partial charge >= 0.3 is 0 Å². The number of carbonyl (C=O) groups is 2. The van der Waals surface area contributed by atoms with E-state index in [1.54, 1.807) is 12.1 Å². The summed E-state index contributed by atoms with van der Waals surface area (Å²) in [6.45, 7) is 0. The van der Waals surface area contributed by atoms with Crippen LogP contribution in [0.15, 0.2) is 200 Å². The Kier molecular flexibility index (Phi) is 11.9. The second-order valence-electron chi connectivity index (χ2n) is 13.0. The Balaban J connectivity index is 1.32. The van der Waals surface area contributed by atoms with Crippen molar-refractivity contribution < 1.29 is 14.0 Å². The van der Waals surface area contributed by atoms with Gasteiger partial charge in [0, 0.05) is 11.1 Å². The van der Waals surface area contributed by atoms with E-state index in [-0.39, 0.29) is 17.4 Å². The van der Waals surface area contributed by atoms with Crippen molar-refractivity contribution in [1.82, 2.24) is 0 Å². The van der Waals surface area contributed by atoms with Crippen molar-refractivity contribution in [3.8, 4) is 0 Å². The molecule has 0 heterocycles. The second-order valence-corrected chi connectivity index (χ2v) is 17.7. The zero-order valence-corrected chi connectivity index (χ0v) is 31.0. The third-order valence-corrected chi connectivity index (χ3v) is 14.9. The highest BCUT2D eigenvalue weighted by atomic mass is 31.1. The molecule has 2 atom stereocenters. The van der Waals surface area contributed by atoms with E-state index in [9.17, 15) is 9.59 Å². The molecule has 7 aromatic carbocycles. The number of benzene rings is 7. The first-order valence-corrected chi connectivity index (χ1v) is 20.6. The fourth-order valence-electron chi connectivity index (χ4n) is 6.96. The molecule has 0 fully saturated rings. The zero-order valence-electron chi connectivity index (χ0n) is 29.2. The van der Waals surface area contributed by atoms with Crippen molar-refractivity contribution in [3.05, 3.63) is 228 Å². The van der Waals surface area contributed by atoms with Crippen LogP contribution in [0.5, 0.6) is 0 Å². The third-order valence-electron chi connectivity index (χ3n) is 9.36. The Morgan fingerprint density at radius 2 is 0.660 bits per heavy atom. The Morgan fingerprint density at radius 1 is 0.396 bits per heavy atom. The maximum Gasteiger partial charge on any atom is 0.171 e. The highest BCUT2D eigenvalue weighted by molar-refractivity contribution is 7.75. The lowest BCUT2D eigenvalue weighted by Gasteiger charge is -2.29. The van der Waals surface area contributed by atoms with Gasteiger partial charge in [0.2, 0.25) is 0 Å². The van der Waals surface area contributed by atoms with Gasteiger partial charge in [0.05, 0.1) is 11.3 Å². The van der Waals surface area contributed by atoms with Crippen LogP contribution in [-0.4, -0.2) is 22.9 Å². The lowest BCUT2D eigenvalue weighted by atomic mass is 9.97. The second kappa shape index (κ2) is 17.5. The number of hydrogen-bond donors (Lipinski definition) is 0. The maximum absolute atomic E-state index is 15.9. The fraction of sp³-hybridized carbons (Fsp3) is 0.0833. The van der Waals surface area contributed by atoms with Crippen LogP contribution in [0.3, 0.4) is 0 Å². The van der Waals surface area contributed by atoms with E-state index in [2.05, 4.69) is 48.5 Å². The van der Waals surface area contributed by atoms with Gasteiger partial charge in [-0.1, -0.05) is 188 Å². The van der Waals surface area contributed by atoms with Crippen molar-refractivity contribution in [2.45, 2.75) is 24.2 Å². The minimum absolute atomic E-state index is 0.0315. The van der Waals surface area contributed by atoms with E-state index in [1.807, 2.05) is 140 Å². The molecule has 0 aliphatic rings. The van der Waals surface area contributed by atoms with Gasteiger partial charge < -0.3 is 0 Å². The van der Waals surface area contributed by atoms with Crippen LogP contribution < -0.4 is 21.2 Å². The molecular formula is C48H39FO2P2. The number of Topliss-reactive ketones (excluding diaryl/α,β-unsaturated/α-hetero) is 2. The third kappa shape index (κ3) is 8.83. The molecule has 0 aliphatic carbocycles. The average molecular weight is 729 g/mol. The standard InChI is InChI=1S/C48H39FO2P2/c49-40-32-36(34-45(47(50)38-19-7-1-8-20-38)52(41-23-11-3-12-24-41)42-25-13-4-14-26-42)31-37(33-40)35-46(48(51)39-21-9-2-10-22-39)53(43-27-15-5-16-28-43)44-29-17-6-18-30-44/h1-33,45-46H,34-35H2/t45-,46-/m1/s1. The van der Waals surface area contributed by atoms with Crippen LogP contribution in [0.2, 0.25) is 0 Å². The van der Waals surface area contributed by atoms with Gasteiger partial charge in [-0.25, -0.2) is 4.39 Å². The minimum atomic E-state index is -1.17. The number of rotatable bonds is 14. The van der Waals surface area contributed by atoms with Gasteiger partial charge in [-0.2, -0.15) is 0 Å². The van der Waals surface area contributed by atoms with Crippen LogP contribution in [0.1, 0.15) is 31.8 Å². The molecule has 0 aliphatic heterocycles. The molecule has 0 radical (unpaired) electrons. The number of halogens is 1. The summed E-state index contributed by atoms with van der Waals surface area (Å²) in [4.78, 5) is 29.2. The number of hydrogen-bond acceptors (Lipinski definition) is 2. The normalized spacial score (nSPS) is 12.4. The fourth-order valence-corrected chi connectivity index (χ4v) is 12.5. The molecule has 0 amide bonds. The lowest BCUT2D eigenvalue weighted by Crippen LogP contribution is -2.31. The predicted molar refractivity (Wildman–Crippen MR) is 221 cm³/mol. The first-order valence-electron chi connectivity index (χ1n) is 17.8. The molecule has 0 spiro atoms. The summed E-state index contributed by atoms with van der Waals surface area (Å²) in [5.41, 5.74) is 1.84. The van der Waals surface area contributed by atoms with Gasteiger partial charge in [-0.15, -0.1) is 0 Å². The number of carbonyl (C=O) groups excluding carboxylic acids is 2. The quantitative estimate of drug-likeness (QED) is 0.0826. The van der Waals surface area contributed by atoms with Gasteiger partial charge in [-0.05, 0) is 73.2 Å². The summed E-state index contributed by atoms with van der Waals surface area (Å²) in [5.74, 6) is -0.310. The number of ketones is 2. The van der Waals surface area contributed by atoms with E-state index in [1.165, 1.54) is 0 Å². The van der Waals surface area contributed by atoms with Crippen molar-refractivity contribution in [2.24, 2.45) is 0 Å². The van der Waals surface area contributed by atoms with Crippen LogP contribution in [-0.2, 0) is 12.8 Å². The highest BCUT2D eigenvalue weighted by Crippen LogP contribution is 2.45. The van der Waals surface area contributed by atoms with Gasteiger partial charge in [0.1, 0.15) is 5.82 Å². The van der Waals surface area contributed by atoms with E-state index < -0.39 is 27.2 Å². The summed E-state index contributed by atoms with van der Waals surface area (Å²) in [7, 11) is -2.34. The molecule has 2 nitrogen and oxygen atoms in total. The lowest BCUT2D eigenvalue weighted by molar-refractivity contribution is 0.0980. The van der Waals surface area contributed by atoms with Crippen molar-refractivity contribution in [1.29, 1.82) is 0 Å². The largest absolute Gasteiger partial charge is 0.293 e. The molecule has 0 saturated heterocycles. The molecule has 0 N–H and O–H groups in total. The maximum atomic E-state index is 15.9. The summed E-state index contributed by atoms with van der Waals surface area (Å²) in [6, 6.07) is 64.8. The molecule has 7 aromatic rings. The predicted octanol–water partition coefficient (Wildman–Crippen LogP) is 9.68. The molecular weight excluding hydrogens is 689 g/mol. The first-order chi connectivity index (χ1) is 26.0. The van der Waals surface area contributed by atoms with Crippen LogP contribution in [0.25, 0.3) is 0 Å².